The summed E-state index contributed by atoms with van der Waals surface area (Å²) in [5.74, 6) is 4.49. The van der Waals surface area contributed by atoms with Crippen LogP contribution >= 0.6 is 0 Å². The highest BCUT2D eigenvalue weighted by molar-refractivity contribution is 5.93. The SMILES string of the molecule is C#Cc1cccc(Nc2ncnc3cc(OCC[OH+]C)c(OCCOC)cc23)c1. The van der Waals surface area contributed by atoms with Gasteiger partial charge in [-0.05, 0) is 24.3 Å². The van der Waals surface area contributed by atoms with Gasteiger partial charge in [-0.15, -0.1) is 6.42 Å². The van der Waals surface area contributed by atoms with Crippen LogP contribution in [-0.2, 0) is 4.74 Å². The van der Waals surface area contributed by atoms with Crippen molar-refractivity contribution in [2.24, 2.45) is 0 Å². The third-order valence-corrected chi connectivity index (χ3v) is 4.11. The molecule has 0 amide bonds. The van der Waals surface area contributed by atoms with E-state index in [-0.39, 0.29) is 0 Å². The average Bonchev–Trinajstić information content (AvgIpc) is 2.75. The standard InChI is InChI=1S/C22H23N3O4/c1-4-16-6-5-7-17(12-16)25-22-18-13-20(28-10-8-26-2)21(29-11-9-27-3)14-19(18)23-15-24-22/h1,5-7,12-15H,8-11H2,2-3H3,(H,23,24,25)/p+1. The Morgan fingerprint density at radius 1 is 1.07 bits per heavy atom. The molecule has 0 aliphatic carbocycles. The Morgan fingerprint density at radius 2 is 1.90 bits per heavy atom. The smallest absolute Gasteiger partial charge is 0.179 e. The number of nitrogens with zero attached hydrogens (tertiary/aromatic N) is 2. The molecule has 3 rings (SSSR count). The van der Waals surface area contributed by atoms with Gasteiger partial charge in [0, 0.05) is 29.8 Å². The summed E-state index contributed by atoms with van der Waals surface area (Å²) in [6.07, 6.45) is 7.00. The van der Waals surface area contributed by atoms with Crippen LogP contribution in [0.25, 0.3) is 10.9 Å². The van der Waals surface area contributed by atoms with E-state index >= 15 is 0 Å². The first-order valence-electron chi connectivity index (χ1n) is 9.17. The summed E-state index contributed by atoms with van der Waals surface area (Å²) in [5, 5.41) is 4.11. The Kier molecular flexibility index (Phi) is 7.22. The van der Waals surface area contributed by atoms with Crippen molar-refractivity contribution in [3.05, 3.63) is 48.3 Å². The maximum absolute atomic E-state index is 5.87. The highest BCUT2D eigenvalue weighted by atomic mass is 16.5. The molecule has 0 aliphatic rings. The first kappa shape index (κ1) is 20.4. The zero-order chi connectivity index (χ0) is 20.5. The van der Waals surface area contributed by atoms with Crippen molar-refractivity contribution in [2.45, 2.75) is 0 Å². The molecule has 0 radical (unpaired) electrons. The maximum atomic E-state index is 5.87. The van der Waals surface area contributed by atoms with E-state index in [9.17, 15) is 0 Å². The molecule has 7 heteroatoms. The lowest BCUT2D eigenvalue weighted by atomic mass is 10.2. The van der Waals surface area contributed by atoms with Crippen LogP contribution in [0.4, 0.5) is 11.5 Å². The van der Waals surface area contributed by atoms with E-state index in [0.29, 0.717) is 43.7 Å². The Labute approximate surface area is 170 Å². The molecular weight excluding hydrogens is 370 g/mol. The Balaban J connectivity index is 1.96. The predicted octanol–water partition coefficient (Wildman–Crippen LogP) is 2.92. The van der Waals surface area contributed by atoms with Crippen molar-refractivity contribution in [3.63, 3.8) is 0 Å². The number of nitrogens with one attached hydrogen (secondary N) is 1. The van der Waals surface area contributed by atoms with Gasteiger partial charge in [-0.3, -0.25) is 0 Å². The van der Waals surface area contributed by atoms with E-state index in [4.69, 9.17) is 20.6 Å². The van der Waals surface area contributed by atoms with Crippen LogP contribution in [-0.4, -0.2) is 55.4 Å². The van der Waals surface area contributed by atoms with E-state index in [1.165, 1.54) is 6.33 Å². The van der Waals surface area contributed by atoms with E-state index in [0.717, 1.165) is 22.2 Å². The third-order valence-electron chi connectivity index (χ3n) is 4.11. The lowest BCUT2D eigenvalue weighted by Crippen LogP contribution is -2.10. The van der Waals surface area contributed by atoms with Gasteiger partial charge in [0.25, 0.3) is 0 Å². The number of rotatable bonds is 10. The van der Waals surface area contributed by atoms with E-state index in [1.54, 1.807) is 14.2 Å². The monoisotopic (exact) mass is 394 g/mol. The van der Waals surface area contributed by atoms with Crippen LogP contribution in [0.15, 0.2) is 42.7 Å². The summed E-state index contributed by atoms with van der Waals surface area (Å²) >= 11 is 0. The molecule has 1 aromatic heterocycles. The largest absolute Gasteiger partial charge is 0.487 e. The number of benzene rings is 2. The normalized spacial score (nSPS) is 10.5. The molecule has 0 aliphatic heterocycles. The second-order valence-electron chi connectivity index (χ2n) is 6.12. The molecule has 0 atom stereocenters. The quantitative estimate of drug-likeness (QED) is 0.324. The summed E-state index contributed by atoms with van der Waals surface area (Å²) < 4.78 is 20.8. The molecule has 29 heavy (non-hydrogen) atoms. The second-order valence-corrected chi connectivity index (χ2v) is 6.12. The molecule has 0 saturated carbocycles. The van der Waals surface area contributed by atoms with Crippen molar-refractivity contribution < 1.29 is 18.9 Å². The highest BCUT2D eigenvalue weighted by Gasteiger charge is 2.13. The number of anilines is 2. The van der Waals surface area contributed by atoms with Gasteiger partial charge in [0.2, 0.25) is 0 Å². The molecule has 2 aromatic carbocycles. The lowest BCUT2D eigenvalue weighted by Gasteiger charge is -2.15. The zero-order valence-electron chi connectivity index (χ0n) is 16.5. The fraction of sp³-hybridized carbons (Fsp3) is 0.273. The van der Waals surface area contributed by atoms with Crippen LogP contribution in [0.5, 0.6) is 11.5 Å². The summed E-state index contributed by atoms with van der Waals surface area (Å²) in [6, 6.07) is 11.3. The number of aliphatic hydroxyl groups is 2. The van der Waals surface area contributed by atoms with E-state index < -0.39 is 0 Å². The van der Waals surface area contributed by atoms with Gasteiger partial charge in [0.05, 0.1) is 12.1 Å². The maximum Gasteiger partial charge on any atom is 0.179 e. The summed E-state index contributed by atoms with van der Waals surface area (Å²) in [5.41, 5.74) is 2.36. The van der Waals surface area contributed by atoms with Crippen LogP contribution in [0.1, 0.15) is 5.56 Å². The lowest BCUT2D eigenvalue weighted by molar-refractivity contribution is -0.00451. The molecule has 1 heterocycles. The summed E-state index contributed by atoms with van der Waals surface area (Å²) in [6.45, 7) is 1.92. The molecule has 3 aromatic rings. The van der Waals surface area contributed by atoms with Gasteiger partial charge in [-0.25, -0.2) is 9.97 Å². The van der Waals surface area contributed by atoms with Gasteiger partial charge in [0.1, 0.15) is 25.9 Å². The number of hydrogen-bond acceptors (Lipinski definition) is 6. The van der Waals surface area contributed by atoms with Gasteiger partial charge in [0.15, 0.2) is 24.7 Å². The average molecular weight is 394 g/mol. The molecule has 7 nitrogen and oxygen atoms in total. The molecule has 0 fully saturated rings. The Morgan fingerprint density at radius 3 is 2.69 bits per heavy atom. The number of methoxy groups -OCH3 is 1. The molecule has 0 unspecified atom stereocenters. The van der Waals surface area contributed by atoms with Crippen molar-refractivity contribution in [2.75, 3.05) is 46.0 Å². The van der Waals surface area contributed by atoms with Gasteiger partial charge in [-0.2, -0.15) is 0 Å². The summed E-state index contributed by atoms with van der Waals surface area (Å²) in [4.78, 5) is 8.77. The Bertz CT molecular complexity index is 1000. The summed E-state index contributed by atoms with van der Waals surface area (Å²) in [7, 11) is 3.38. The minimum Gasteiger partial charge on any atom is -0.487 e. The first-order chi connectivity index (χ1) is 14.2. The molecule has 0 bridgehead atoms. The van der Waals surface area contributed by atoms with E-state index in [2.05, 4.69) is 25.9 Å². The fourth-order valence-corrected chi connectivity index (χ4v) is 2.69. The predicted molar refractivity (Wildman–Crippen MR) is 113 cm³/mol. The third kappa shape index (κ3) is 5.35. The molecule has 0 saturated heterocycles. The number of terminal acetylenes is 1. The van der Waals surface area contributed by atoms with Crippen LogP contribution in [0.3, 0.4) is 0 Å². The van der Waals surface area contributed by atoms with Gasteiger partial charge < -0.3 is 24.3 Å². The molecule has 0 spiro atoms. The second kappa shape index (κ2) is 10.3. The highest BCUT2D eigenvalue weighted by Crippen LogP contribution is 2.35. The van der Waals surface area contributed by atoms with Crippen LogP contribution in [0, 0.1) is 12.3 Å². The molecule has 2 N–H and O–H groups in total. The number of hydrogen-bond donors (Lipinski definition) is 1. The first-order valence-corrected chi connectivity index (χ1v) is 9.17. The number of fused-ring (bicyclic) bond motifs is 1. The molecular formula is C22H24N3O4+. The van der Waals surface area contributed by atoms with Gasteiger partial charge in [-0.1, -0.05) is 12.0 Å². The topological polar surface area (TPSA) is 78.3 Å². The fourth-order valence-electron chi connectivity index (χ4n) is 2.69. The van der Waals surface area contributed by atoms with Crippen molar-refractivity contribution in [1.29, 1.82) is 0 Å². The van der Waals surface area contributed by atoms with Crippen molar-refractivity contribution in [1.82, 2.24) is 9.97 Å². The van der Waals surface area contributed by atoms with Crippen LogP contribution < -0.4 is 14.8 Å². The van der Waals surface area contributed by atoms with Crippen molar-refractivity contribution >= 4 is 22.4 Å². The zero-order valence-corrected chi connectivity index (χ0v) is 16.5. The van der Waals surface area contributed by atoms with E-state index in [1.807, 2.05) is 36.4 Å². The van der Waals surface area contributed by atoms with Gasteiger partial charge >= 0.3 is 0 Å². The minimum absolute atomic E-state index is 0.400. The minimum atomic E-state index is 0.400. The Hall–Kier alpha value is -3.34. The van der Waals surface area contributed by atoms with Crippen molar-refractivity contribution in [3.8, 4) is 23.8 Å². The molecule has 150 valence electrons. The van der Waals surface area contributed by atoms with Crippen LogP contribution in [0.2, 0.25) is 0 Å². The number of aromatic nitrogens is 2. The number of ether oxygens (including phenoxy) is 4.